The second kappa shape index (κ2) is 5.83. The predicted molar refractivity (Wildman–Crippen MR) is 79.0 cm³/mol. The van der Waals surface area contributed by atoms with Crippen LogP contribution >= 0.6 is 11.3 Å². The number of benzene rings is 1. The van der Waals surface area contributed by atoms with Gasteiger partial charge in [-0.2, -0.15) is 0 Å². The Labute approximate surface area is 112 Å². The summed E-state index contributed by atoms with van der Waals surface area (Å²) in [6, 6.07) is 8.44. The van der Waals surface area contributed by atoms with Crippen molar-refractivity contribution in [3.63, 3.8) is 0 Å². The van der Waals surface area contributed by atoms with E-state index >= 15 is 0 Å². The summed E-state index contributed by atoms with van der Waals surface area (Å²) in [5, 5.41) is 13.2. The van der Waals surface area contributed by atoms with Gasteiger partial charge in [-0.05, 0) is 35.2 Å². The van der Waals surface area contributed by atoms with Crippen molar-refractivity contribution in [1.29, 1.82) is 0 Å². The molecule has 0 saturated heterocycles. The predicted octanol–water partition coefficient (Wildman–Crippen LogP) is 3.18. The van der Waals surface area contributed by atoms with E-state index in [9.17, 15) is 5.11 Å². The summed E-state index contributed by atoms with van der Waals surface area (Å²) in [5.41, 5.74) is 7.08. The SMILES string of the molecule is CCCC(CN)(CO)Cc1csc2ccccc12. The lowest BCUT2D eigenvalue weighted by Gasteiger charge is -2.30. The first kappa shape index (κ1) is 13.5. The molecule has 2 aromatic rings. The minimum atomic E-state index is -0.154. The Morgan fingerprint density at radius 2 is 2.11 bits per heavy atom. The third-order valence-corrected chi connectivity index (χ3v) is 4.69. The molecule has 0 aliphatic carbocycles. The van der Waals surface area contributed by atoms with Gasteiger partial charge >= 0.3 is 0 Å². The minimum absolute atomic E-state index is 0.154. The van der Waals surface area contributed by atoms with Gasteiger partial charge in [-0.1, -0.05) is 31.5 Å². The molecule has 0 aliphatic rings. The van der Waals surface area contributed by atoms with Gasteiger partial charge in [0.05, 0.1) is 6.61 Å². The van der Waals surface area contributed by atoms with Crippen LogP contribution in [0.15, 0.2) is 29.6 Å². The van der Waals surface area contributed by atoms with Gasteiger partial charge in [-0.15, -0.1) is 11.3 Å². The molecule has 1 atom stereocenters. The smallest absolute Gasteiger partial charge is 0.0502 e. The molecule has 1 unspecified atom stereocenters. The molecule has 98 valence electrons. The summed E-state index contributed by atoms with van der Waals surface area (Å²) in [6.07, 6.45) is 2.90. The Balaban J connectivity index is 2.31. The van der Waals surface area contributed by atoms with Crippen LogP contribution in [0.2, 0.25) is 0 Å². The summed E-state index contributed by atoms with van der Waals surface area (Å²) < 4.78 is 1.31. The standard InChI is InChI=1S/C15H21NOS/c1-2-7-15(10-16,11-17)8-12-9-18-14-6-4-3-5-13(12)14/h3-6,9,17H,2,7-8,10-11,16H2,1H3. The fourth-order valence-electron chi connectivity index (χ4n) is 2.57. The molecule has 0 aliphatic heterocycles. The lowest BCUT2D eigenvalue weighted by Crippen LogP contribution is -2.36. The topological polar surface area (TPSA) is 46.2 Å². The molecule has 0 fully saturated rings. The Kier molecular flexibility index (Phi) is 4.38. The van der Waals surface area contributed by atoms with E-state index in [0.717, 1.165) is 19.3 Å². The molecular weight excluding hydrogens is 242 g/mol. The first-order valence-corrected chi connectivity index (χ1v) is 7.38. The maximum Gasteiger partial charge on any atom is 0.0502 e. The highest BCUT2D eigenvalue weighted by Crippen LogP contribution is 2.33. The monoisotopic (exact) mass is 263 g/mol. The van der Waals surface area contributed by atoms with Crippen molar-refractivity contribution in [2.75, 3.05) is 13.2 Å². The van der Waals surface area contributed by atoms with E-state index in [1.807, 2.05) is 0 Å². The lowest BCUT2D eigenvalue weighted by atomic mass is 9.78. The van der Waals surface area contributed by atoms with Crippen LogP contribution < -0.4 is 5.73 Å². The number of nitrogens with two attached hydrogens (primary N) is 1. The lowest BCUT2D eigenvalue weighted by molar-refractivity contribution is 0.121. The van der Waals surface area contributed by atoms with Gasteiger partial charge in [0.15, 0.2) is 0 Å². The first-order valence-electron chi connectivity index (χ1n) is 6.51. The molecule has 1 heterocycles. The van der Waals surface area contributed by atoms with Gasteiger partial charge in [0.25, 0.3) is 0 Å². The van der Waals surface area contributed by atoms with Crippen molar-refractivity contribution in [3.05, 3.63) is 35.2 Å². The van der Waals surface area contributed by atoms with Gasteiger partial charge in [0.2, 0.25) is 0 Å². The van der Waals surface area contributed by atoms with E-state index in [0.29, 0.717) is 6.54 Å². The molecule has 2 nitrogen and oxygen atoms in total. The summed E-state index contributed by atoms with van der Waals surface area (Å²) in [7, 11) is 0. The van der Waals surface area contributed by atoms with Crippen LogP contribution in [0.4, 0.5) is 0 Å². The number of aliphatic hydroxyl groups excluding tert-OH is 1. The highest BCUT2D eigenvalue weighted by Gasteiger charge is 2.28. The Morgan fingerprint density at radius 3 is 2.78 bits per heavy atom. The van der Waals surface area contributed by atoms with Crippen molar-refractivity contribution in [3.8, 4) is 0 Å². The fourth-order valence-corrected chi connectivity index (χ4v) is 3.53. The van der Waals surface area contributed by atoms with Crippen molar-refractivity contribution in [2.24, 2.45) is 11.1 Å². The van der Waals surface area contributed by atoms with E-state index < -0.39 is 0 Å². The second-order valence-electron chi connectivity index (χ2n) is 5.05. The summed E-state index contributed by atoms with van der Waals surface area (Å²) in [5.74, 6) is 0. The molecular formula is C15H21NOS. The van der Waals surface area contributed by atoms with Crippen LogP contribution in [0.3, 0.4) is 0 Å². The maximum absolute atomic E-state index is 9.70. The number of rotatable bonds is 6. The maximum atomic E-state index is 9.70. The van der Waals surface area contributed by atoms with Crippen molar-refractivity contribution >= 4 is 21.4 Å². The van der Waals surface area contributed by atoms with Crippen LogP contribution in [-0.4, -0.2) is 18.3 Å². The highest BCUT2D eigenvalue weighted by molar-refractivity contribution is 7.17. The average molecular weight is 263 g/mol. The van der Waals surface area contributed by atoms with Crippen LogP contribution in [0.25, 0.3) is 10.1 Å². The Morgan fingerprint density at radius 1 is 1.33 bits per heavy atom. The Bertz CT molecular complexity index is 502. The molecule has 0 bridgehead atoms. The van der Waals surface area contributed by atoms with Crippen LogP contribution in [0, 0.1) is 5.41 Å². The molecule has 1 aromatic carbocycles. The zero-order valence-corrected chi connectivity index (χ0v) is 11.7. The number of fused-ring (bicyclic) bond motifs is 1. The van der Waals surface area contributed by atoms with E-state index in [2.05, 4.69) is 36.6 Å². The average Bonchev–Trinajstić information content (AvgIpc) is 2.81. The second-order valence-corrected chi connectivity index (χ2v) is 5.96. The Hall–Kier alpha value is -0.900. The van der Waals surface area contributed by atoms with E-state index in [1.165, 1.54) is 15.6 Å². The largest absolute Gasteiger partial charge is 0.396 e. The molecule has 18 heavy (non-hydrogen) atoms. The third kappa shape index (κ3) is 2.58. The van der Waals surface area contributed by atoms with E-state index in [1.54, 1.807) is 11.3 Å². The van der Waals surface area contributed by atoms with Crippen LogP contribution in [0.5, 0.6) is 0 Å². The zero-order valence-electron chi connectivity index (χ0n) is 10.9. The number of hydrogen-bond donors (Lipinski definition) is 2. The number of aliphatic hydroxyl groups is 1. The van der Waals surface area contributed by atoms with Gasteiger partial charge in [-0.3, -0.25) is 0 Å². The van der Waals surface area contributed by atoms with Gasteiger partial charge in [0, 0.05) is 16.7 Å². The van der Waals surface area contributed by atoms with Crippen LogP contribution in [-0.2, 0) is 6.42 Å². The zero-order chi connectivity index (χ0) is 13.0. The normalized spacial score (nSPS) is 14.8. The molecule has 0 radical (unpaired) electrons. The fraction of sp³-hybridized carbons (Fsp3) is 0.467. The van der Waals surface area contributed by atoms with Crippen molar-refractivity contribution < 1.29 is 5.11 Å². The van der Waals surface area contributed by atoms with Gasteiger partial charge in [-0.25, -0.2) is 0 Å². The van der Waals surface area contributed by atoms with Crippen molar-refractivity contribution in [1.82, 2.24) is 0 Å². The highest BCUT2D eigenvalue weighted by atomic mass is 32.1. The quantitative estimate of drug-likeness (QED) is 0.841. The number of hydrogen-bond acceptors (Lipinski definition) is 3. The molecule has 3 N–H and O–H groups in total. The molecule has 0 spiro atoms. The van der Waals surface area contributed by atoms with Gasteiger partial charge in [0.1, 0.15) is 0 Å². The molecule has 3 heteroatoms. The third-order valence-electron chi connectivity index (χ3n) is 3.68. The summed E-state index contributed by atoms with van der Waals surface area (Å²) in [6.45, 7) is 2.86. The minimum Gasteiger partial charge on any atom is -0.396 e. The molecule has 1 aromatic heterocycles. The van der Waals surface area contributed by atoms with Crippen LogP contribution in [0.1, 0.15) is 25.3 Å². The summed E-state index contributed by atoms with van der Waals surface area (Å²) in [4.78, 5) is 0. The molecule has 0 saturated carbocycles. The van der Waals surface area contributed by atoms with Crippen molar-refractivity contribution in [2.45, 2.75) is 26.2 Å². The van der Waals surface area contributed by atoms with Gasteiger partial charge < -0.3 is 10.8 Å². The van der Waals surface area contributed by atoms with E-state index in [4.69, 9.17) is 5.73 Å². The molecule has 0 amide bonds. The molecule has 2 rings (SSSR count). The summed E-state index contributed by atoms with van der Waals surface area (Å²) >= 11 is 1.77. The number of thiophene rings is 1. The van der Waals surface area contributed by atoms with E-state index in [-0.39, 0.29) is 12.0 Å². The first-order chi connectivity index (χ1) is 8.74.